The van der Waals surface area contributed by atoms with Gasteiger partial charge >= 0.3 is 0 Å². The van der Waals surface area contributed by atoms with Crippen LogP contribution in [0.15, 0.2) is 0 Å². The van der Waals surface area contributed by atoms with Gasteiger partial charge in [-0.05, 0) is 26.3 Å². The van der Waals surface area contributed by atoms with Gasteiger partial charge in [-0.1, -0.05) is 26.9 Å². The van der Waals surface area contributed by atoms with E-state index in [4.69, 9.17) is 0 Å². The molecule has 0 heterocycles. The fraction of sp³-hybridized carbons (Fsp3) is 1.00. The smallest absolute Gasteiger partial charge is 0.122 e. The van der Waals surface area contributed by atoms with E-state index in [-0.39, 0.29) is 5.54 Å². The minimum absolute atomic E-state index is 0.278. The summed E-state index contributed by atoms with van der Waals surface area (Å²) in [7, 11) is -1.17. The first-order valence-electron chi connectivity index (χ1n) is 4.44. The van der Waals surface area contributed by atoms with E-state index in [0.717, 1.165) is 5.54 Å². The lowest BCUT2D eigenvalue weighted by molar-refractivity contribution is 0.507. The maximum atomic E-state index is 3.73. The fourth-order valence-electron chi connectivity index (χ4n) is 1.11. The summed E-state index contributed by atoms with van der Waals surface area (Å²) in [5, 5.41) is 0. The molecule has 0 aromatic heterocycles. The average molecular weight is 173 g/mol. The van der Waals surface area contributed by atoms with Gasteiger partial charge in [-0.3, -0.25) is 0 Å². The monoisotopic (exact) mass is 173 g/mol. The van der Waals surface area contributed by atoms with E-state index in [2.05, 4.69) is 52.7 Å². The van der Waals surface area contributed by atoms with Gasteiger partial charge in [0.25, 0.3) is 0 Å². The first-order valence-corrected chi connectivity index (χ1v) is 7.52. The molecule has 0 unspecified atom stereocenters. The molecule has 0 radical (unpaired) electrons. The van der Waals surface area contributed by atoms with Gasteiger partial charge in [0.2, 0.25) is 0 Å². The lowest BCUT2D eigenvalue weighted by Crippen LogP contribution is -2.55. The van der Waals surface area contributed by atoms with Crippen LogP contribution in [0.3, 0.4) is 0 Å². The van der Waals surface area contributed by atoms with Crippen LogP contribution in [0, 0.1) is 0 Å². The van der Waals surface area contributed by atoms with Gasteiger partial charge in [0, 0.05) is 5.54 Å². The summed E-state index contributed by atoms with van der Waals surface area (Å²) in [6.07, 6.45) is 0. The van der Waals surface area contributed by atoms with Crippen molar-refractivity contribution in [3.05, 3.63) is 0 Å². The van der Waals surface area contributed by atoms with E-state index in [1.54, 1.807) is 0 Å². The lowest BCUT2D eigenvalue weighted by atomic mass is 10.1. The standard InChI is InChI=1S/C9H23NSi/c1-8(2)11(6,7)10-9(3,4)5/h8,10H,1-7H3. The molecule has 0 saturated heterocycles. The van der Waals surface area contributed by atoms with Crippen LogP contribution >= 0.6 is 0 Å². The fourth-order valence-corrected chi connectivity index (χ4v) is 3.33. The molecule has 0 aromatic rings. The summed E-state index contributed by atoms with van der Waals surface area (Å²) < 4.78 is 0. The highest BCUT2D eigenvalue weighted by Gasteiger charge is 2.29. The molecule has 1 nitrogen and oxygen atoms in total. The van der Waals surface area contributed by atoms with Crippen LogP contribution in [-0.2, 0) is 0 Å². The summed E-state index contributed by atoms with van der Waals surface area (Å²) in [6, 6.07) is 0. The Bertz CT molecular complexity index is 122. The molecule has 0 saturated carbocycles. The minimum atomic E-state index is -1.17. The van der Waals surface area contributed by atoms with E-state index in [1.807, 2.05) is 0 Å². The van der Waals surface area contributed by atoms with E-state index in [9.17, 15) is 0 Å². The molecule has 0 spiro atoms. The number of nitrogens with one attached hydrogen (secondary N) is 1. The summed E-state index contributed by atoms with van der Waals surface area (Å²) in [6.45, 7) is 16.1. The first-order chi connectivity index (χ1) is 4.65. The molecule has 1 N–H and O–H groups in total. The third kappa shape index (κ3) is 4.59. The molecule has 0 aliphatic carbocycles. The Balaban J connectivity index is 4.13. The first kappa shape index (κ1) is 11.2. The molecule has 0 atom stereocenters. The van der Waals surface area contributed by atoms with Crippen molar-refractivity contribution in [1.82, 2.24) is 4.98 Å². The van der Waals surface area contributed by atoms with Crippen molar-refractivity contribution in [2.24, 2.45) is 0 Å². The Hall–Kier alpha value is 0.177. The molecule has 0 aromatic carbocycles. The number of rotatable bonds is 2. The molecule has 0 aliphatic heterocycles. The lowest BCUT2D eigenvalue weighted by Gasteiger charge is -2.36. The molecule has 2 heteroatoms. The molecule has 11 heavy (non-hydrogen) atoms. The molecule has 0 fully saturated rings. The van der Waals surface area contributed by atoms with Gasteiger partial charge in [0.1, 0.15) is 8.24 Å². The van der Waals surface area contributed by atoms with E-state index >= 15 is 0 Å². The zero-order valence-electron chi connectivity index (χ0n) is 9.08. The SMILES string of the molecule is CC(C)[Si](C)(C)NC(C)(C)C. The third-order valence-corrected chi connectivity index (χ3v) is 6.42. The van der Waals surface area contributed by atoms with Crippen LogP contribution in [-0.4, -0.2) is 13.8 Å². The van der Waals surface area contributed by atoms with Crippen LogP contribution < -0.4 is 4.98 Å². The van der Waals surface area contributed by atoms with E-state index < -0.39 is 8.24 Å². The van der Waals surface area contributed by atoms with Crippen molar-refractivity contribution in [3.8, 4) is 0 Å². The largest absolute Gasteiger partial charge is 0.332 e. The summed E-state index contributed by atoms with van der Waals surface area (Å²) >= 11 is 0. The Morgan fingerprint density at radius 1 is 1.09 bits per heavy atom. The molecule has 0 rings (SSSR count). The Labute approximate surface area is 72.7 Å². The van der Waals surface area contributed by atoms with Crippen LogP contribution in [0.25, 0.3) is 0 Å². The molecular weight excluding hydrogens is 150 g/mol. The van der Waals surface area contributed by atoms with E-state index in [1.165, 1.54) is 0 Å². The molecule has 0 amide bonds. The van der Waals surface area contributed by atoms with Crippen LogP contribution in [0.5, 0.6) is 0 Å². The average Bonchev–Trinajstić information content (AvgIpc) is 1.56. The Morgan fingerprint density at radius 3 is 1.55 bits per heavy atom. The van der Waals surface area contributed by atoms with Crippen molar-refractivity contribution in [1.29, 1.82) is 0 Å². The van der Waals surface area contributed by atoms with Crippen LogP contribution in [0.1, 0.15) is 34.6 Å². The quantitative estimate of drug-likeness (QED) is 0.633. The van der Waals surface area contributed by atoms with Gasteiger partial charge in [-0.2, -0.15) is 0 Å². The minimum Gasteiger partial charge on any atom is -0.332 e. The van der Waals surface area contributed by atoms with Gasteiger partial charge < -0.3 is 4.98 Å². The van der Waals surface area contributed by atoms with Gasteiger partial charge in [0.05, 0.1) is 0 Å². The second-order valence-electron chi connectivity index (χ2n) is 5.25. The van der Waals surface area contributed by atoms with Crippen molar-refractivity contribution in [2.75, 3.05) is 0 Å². The Kier molecular flexibility index (Phi) is 3.33. The second-order valence-corrected chi connectivity index (χ2v) is 10.1. The van der Waals surface area contributed by atoms with Gasteiger partial charge in [-0.15, -0.1) is 0 Å². The summed E-state index contributed by atoms with van der Waals surface area (Å²) in [5.74, 6) is 0. The zero-order valence-corrected chi connectivity index (χ0v) is 10.1. The third-order valence-electron chi connectivity index (χ3n) is 2.14. The highest BCUT2D eigenvalue weighted by Crippen LogP contribution is 2.19. The summed E-state index contributed by atoms with van der Waals surface area (Å²) in [5.41, 5.74) is 1.08. The van der Waals surface area contributed by atoms with Gasteiger partial charge in [-0.25, -0.2) is 0 Å². The molecule has 0 bridgehead atoms. The Morgan fingerprint density at radius 2 is 1.45 bits per heavy atom. The van der Waals surface area contributed by atoms with Crippen LogP contribution in [0.4, 0.5) is 0 Å². The highest BCUT2D eigenvalue weighted by molar-refractivity contribution is 6.76. The topological polar surface area (TPSA) is 12.0 Å². The van der Waals surface area contributed by atoms with Crippen molar-refractivity contribution in [3.63, 3.8) is 0 Å². The normalized spacial score (nSPS) is 14.2. The molecular formula is C9H23NSi. The maximum absolute atomic E-state index is 3.73. The number of hydrogen-bond acceptors (Lipinski definition) is 1. The maximum Gasteiger partial charge on any atom is 0.122 e. The van der Waals surface area contributed by atoms with Crippen molar-refractivity contribution < 1.29 is 0 Å². The van der Waals surface area contributed by atoms with Crippen molar-refractivity contribution in [2.45, 2.75) is 58.8 Å². The van der Waals surface area contributed by atoms with E-state index in [0.29, 0.717) is 0 Å². The number of hydrogen-bond donors (Lipinski definition) is 1. The zero-order chi connectivity index (χ0) is 9.28. The molecule has 0 aliphatic rings. The van der Waals surface area contributed by atoms with Gasteiger partial charge in [0.15, 0.2) is 0 Å². The second kappa shape index (κ2) is 3.28. The predicted molar refractivity (Wildman–Crippen MR) is 55.5 cm³/mol. The highest BCUT2D eigenvalue weighted by atomic mass is 28.3. The predicted octanol–water partition coefficient (Wildman–Crippen LogP) is 2.99. The molecule has 68 valence electrons. The van der Waals surface area contributed by atoms with Crippen molar-refractivity contribution >= 4 is 8.24 Å². The summed E-state index contributed by atoms with van der Waals surface area (Å²) in [4.78, 5) is 3.73. The van der Waals surface area contributed by atoms with Crippen LogP contribution in [0.2, 0.25) is 18.6 Å².